The monoisotopic (exact) mass is 443 g/mol. The maximum absolute atomic E-state index is 14.9. The maximum Gasteiger partial charge on any atom is 0.414 e. The number of nitrogens with zero attached hydrogens (tertiary/aromatic N) is 3. The lowest BCUT2D eigenvalue weighted by molar-refractivity contribution is -0.131. The van der Waals surface area contributed by atoms with Gasteiger partial charge in [0.25, 0.3) is 5.17 Å². The van der Waals surface area contributed by atoms with E-state index in [4.69, 9.17) is 21.7 Å². The predicted molar refractivity (Wildman–Crippen MR) is 109 cm³/mol. The van der Waals surface area contributed by atoms with Gasteiger partial charge < -0.3 is 19.7 Å². The topological polar surface area (TPSA) is 86.4 Å². The quantitative estimate of drug-likeness (QED) is 0.667. The number of amides is 2. The molecule has 2 fully saturated rings. The molecule has 2 heterocycles. The van der Waals surface area contributed by atoms with Crippen LogP contribution in [0.4, 0.5) is 25.0 Å². The van der Waals surface area contributed by atoms with Crippen molar-refractivity contribution in [3.05, 3.63) is 23.8 Å². The third-order valence-corrected chi connectivity index (χ3v) is 5.13. The zero-order chi connectivity index (χ0) is 21.8. The van der Waals surface area contributed by atoms with Crippen LogP contribution in [0.25, 0.3) is 0 Å². The molecule has 0 bridgehead atoms. The molecule has 2 saturated heterocycles. The van der Waals surface area contributed by atoms with Crippen LogP contribution in [0.5, 0.6) is 0 Å². The first kappa shape index (κ1) is 22.0. The molecule has 0 aliphatic carbocycles. The van der Waals surface area contributed by atoms with E-state index in [2.05, 4.69) is 10.7 Å². The average molecular weight is 443 g/mol. The van der Waals surface area contributed by atoms with Gasteiger partial charge in [-0.2, -0.15) is 0 Å². The number of hydrazine groups is 1. The van der Waals surface area contributed by atoms with Crippen LogP contribution in [0, 0.1) is 11.6 Å². The summed E-state index contributed by atoms with van der Waals surface area (Å²) in [5.74, 6) is -1.76. The van der Waals surface area contributed by atoms with Gasteiger partial charge in [-0.3, -0.25) is 14.7 Å². The number of ether oxygens (including phenoxy) is 2. The minimum Gasteiger partial charge on any atom is -0.474 e. The van der Waals surface area contributed by atoms with Crippen LogP contribution in [-0.4, -0.2) is 74.7 Å². The Labute approximate surface area is 177 Å². The lowest BCUT2D eigenvalue weighted by Gasteiger charge is -2.24. The summed E-state index contributed by atoms with van der Waals surface area (Å²) in [4.78, 5) is 26.4. The van der Waals surface area contributed by atoms with Crippen molar-refractivity contribution in [3.8, 4) is 0 Å². The van der Waals surface area contributed by atoms with Gasteiger partial charge in [-0.25, -0.2) is 19.0 Å². The predicted octanol–water partition coefficient (Wildman–Crippen LogP) is 0.984. The van der Waals surface area contributed by atoms with Crippen LogP contribution in [0.3, 0.4) is 0 Å². The fourth-order valence-corrected chi connectivity index (χ4v) is 3.43. The molecule has 0 saturated carbocycles. The van der Waals surface area contributed by atoms with Crippen molar-refractivity contribution in [2.45, 2.75) is 13.0 Å². The minimum absolute atomic E-state index is 0.0638. The standard InChI is InChI=1S/C18H23F2N5O4S/c1-11(26)25-6-5-23(4-3-22-25)16-14(19)7-12(8-15(16)20)24-10-13(29-18(24)27)9-21-17(30)28-2/h7-8,13,22H,3-6,9-10H2,1-2H3,(H,21,30)/t13-/m0/s1. The van der Waals surface area contributed by atoms with Crippen molar-refractivity contribution in [2.75, 3.05) is 56.2 Å². The van der Waals surface area contributed by atoms with Gasteiger partial charge in [-0.1, -0.05) is 0 Å². The molecule has 2 N–H and O–H groups in total. The fourth-order valence-electron chi connectivity index (χ4n) is 3.34. The lowest BCUT2D eigenvalue weighted by Crippen LogP contribution is -2.42. The number of anilines is 2. The van der Waals surface area contributed by atoms with Crippen LogP contribution in [0.1, 0.15) is 6.92 Å². The minimum atomic E-state index is -0.795. The van der Waals surface area contributed by atoms with Gasteiger partial charge in [-0.05, 0) is 12.2 Å². The SMILES string of the molecule is COC(=S)NC[C@H]1CN(c2cc(F)c(N3CCNN(C(C)=O)CC3)c(F)c2)C(=O)O1. The number of cyclic esters (lactones) is 1. The highest BCUT2D eigenvalue weighted by molar-refractivity contribution is 7.80. The molecular formula is C18H23F2N5O4S. The summed E-state index contributed by atoms with van der Waals surface area (Å²) in [7, 11) is 1.41. The molecule has 0 radical (unpaired) electrons. The Hall–Kier alpha value is -2.73. The van der Waals surface area contributed by atoms with E-state index in [0.29, 0.717) is 13.1 Å². The normalized spacial score (nSPS) is 19.4. The molecule has 1 aromatic carbocycles. The average Bonchev–Trinajstić information content (AvgIpc) is 2.90. The largest absolute Gasteiger partial charge is 0.474 e. The van der Waals surface area contributed by atoms with E-state index in [9.17, 15) is 18.4 Å². The Balaban J connectivity index is 1.72. The summed E-state index contributed by atoms with van der Waals surface area (Å²) in [6.07, 6.45) is -1.25. The number of carbonyl (C=O) groups is 2. The zero-order valence-electron chi connectivity index (χ0n) is 16.6. The molecule has 0 spiro atoms. The molecule has 164 valence electrons. The summed E-state index contributed by atoms with van der Waals surface area (Å²) in [5.41, 5.74) is 2.79. The third kappa shape index (κ3) is 4.87. The van der Waals surface area contributed by atoms with Crippen molar-refractivity contribution in [3.63, 3.8) is 0 Å². The summed E-state index contributed by atoms with van der Waals surface area (Å²) in [5, 5.41) is 4.34. The second kappa shape index (κ2) is 9.39. The van der Waals surface area contributed by atoms with Crippen LogP contribution in [0.2, 0.25) is 0 Å². The summed E-state index contributed by atoms with van der Waals surface area (Å²) in [6.45, 7) is 2.96. The van der Waals surface area contributed by atoms with Gasteiger partial charge in [0.1, 0.15) is 11.8 Å². The summed E-state index contributed by atoms with van der Waals surface area (Å²) in [6, 6.07) is 2.21. The molecule has 3 rings (SSSR count). The van der Waals surface area contributed by atoms with E-state index >= 15 is 0 Å². The van der Waals surface area contributed by atoms with Gasteiger partial charge in [0, 0.05) is 38.7 Å². The van der Waals surface area contributed by atoms with Crippen molar-refractivity contribution < 1.29 is 27.8 Å². The Kier molecular flexibility index (Phi) is 6.87. The first-order valence-electron chi connectivity index (χ1n) is 9.35. The number of thiocarbonyl (C=S) groups is 1. The zero-order valence-corrected chi connectivity index (χ0v) is 17.4. The van der Waals surface area contributed by atoms with Crippen molar-refractivity contribution >= 4 is 40.8 Å². The number of halogens is 2. The van der Waals surface area contributed by atoms with Crippen LogP contribution in [0.15, 0.2) is 12.1 Å². The maximum atomic E-state index is 14.9. The number of benzene rings is 1. The third-order valence-electron chi connectivity index (χ3n) is 4.82. The first-order chi connectivity index (χ1) is 14.3. The summed E-state index contributed by atoms with van der Waals surface area (Å²) < 4.78 is 39.7. The number of methoxy groups -OCH3 is 1. The molecule has 12 heteroatoms. The fraction of sp³-hybridized carbons (Fsp3) is 0.500. The Morgan fingerprint density at radius 3 is 2.67 bits per heavy atom. The molecule has 2 aliphatic heterocycles. The molecule has 0 unspecified atom stereocenters. The molecule has 1 atom stereocenters. The van der Waals surface area contributed by atoms with E-state index in [1.807, 2.05) is 0 Å². The number of carbonyl (C=O) groups excluding carboxylic acids is 2. The molecular weight excluding hydrogens is 420 g/mol. The smallest absolute Gasteiger partial charge is 0.414 e. The Morgan fingerprint density at radius 1 is 1.33 bits per heavy atom. The molecule has 9 nitrogen and oxygen atoms in total. The van der Waals surface area contributed by atoms with Gasteiger partial charge in [0.2, 0.25) is 5.91 Å². The van der Waals surface area contributed by atoms with E-state index in [1.165, 1.54) is 28.8 Å². The highest BCUT2D eigenvalue weighted by atomic mass is 32.1. The molecule has 2 amide bonds. The van der Waals surface area contributed by atoms with Gasteiger partial charge in [0.15, 0.2) is 11.6 Å². The second-order valence-electron chi connectivity index (χ2n) is 6.81. The van der Waals surface area contributed by atoms with E-state index < -0.39 is 23.8 Å². The first-order valence-corrected chi connectivity index (χ1v) is 9.76. The van der Waals surface area contributed by atoms with Crippen LogP contribution < -0.4 is 20.5 Å². The van der Waals surface area contributed by atoms with Crippen LogP contribution >= 0.6 is 12.2 Å². The second-order valence-corrected chi connectivity index (χ2v) is 7.18. The summed E-state index contributed by atoms with van der Waals surface area (Å²) >= 11 is 4.87. The number of nitrogens with one attached hydrogen (secondary N) is 2. The highest BCUT2D eigenvalue weighted by Crippen LogP contribution is 2.31. The molecule has 30 heavy (non-hydrogen) atoms. The molecule has 1 aromatic rings. The number of hydrogen-bond donors (Lipinski definition) is 2. The Bertz CT molecular complexity index is 820. The Morgan fingerprint density at radius 2 is 2.03 bits per heavy atom. The van der Waals surface area contributed by atoms with Gasteiger partial charge >= 0.3 is 6.09 Å². The number of rotatable bonds is 4. The van der Waals surface area contributed by atoms with E-state index in [-0.39, 0.29) is 48.6 Å². The van der Waals surface area contributed by atoms with Crippen molar-refractivity contribution in [2.24, 2.45) is 0 Å². The van der Waals surface area contributed by atoms with Crippen molar-refractivity contribution in [1.82, 2.24) is 15.8 Å². The molecule has 0 aromatic heterocycles. The lowest BCUT2D eigenvalue weighted by atomic mass is 10.2. The number of hydrogen-bond acceptors (Lipinski definition) is 7. The van der Waals surface area contributed by atoms with Crippen molar-refractivity contribution in [1.29, 1.82) is 0 Å². The van der Waals surface area contributed by atoms with Crippen LogP contribution in [-0.2, 0) is 14.3 Å². The van der Waals surface area contributed by atoms with Gasteiger partial charge in [0.05, 0.1) is 32.4 Å². The molecule has 2 aliphatic rings. The van der Waals surface area contributed by atoms with E-state index in [0.717, 1.165) is 12.1 Å². The van der Waals surface area contributed by atoms with Gasteiger partial charge in [-0.15, -0.1) is 0 Å². The highest BCUT2D eigenvalue weighted by Gasteiger charge is 2.34. The van der Waals surface area contributed by atoms with E-state index in [1.54, 1.807) is 0 Å².